The molecule has 0 aliphatic rings. The molecule has 25 heavy (non-hydrogen) atoms. The van der Waals surface area contributed by atoms with Gasteiger partial charge in [-0.3, -0.25) is 4.99 Å². The molecule has 0 saturated carbocycles. The minimum Gasteiger partial charge on any atom is -0.381 e. The van der Waals surface area contributed by atoms with Crippen LogP contribution < -0.4 is 10.6 Å². The number of guanidine groups is 1. The zero-order valence-corrected chi connectivity index (χ0v) is 15.6. The fourth-order valence-corrected chi connectivity index (χ4v) is 2.44. The van der Waals surface area contributed by atoms with E-state index >= 15 is 0 Å². The molecule has 0 atom stereocenters. The zero-order valence-electron chi connectivity index (χ0n) is 15.6. The van der Waals surface area contributed by atoms with E-state index in [2.05, 4.69) is 46.4 Å². The van der Waals surface area contributed by atoms with E-state index in [1.807, 2.05) is 24.3 Å². The SMILES string of the molecule is CCNC(=NCCCOCC(C)C)NCCc1nc2ccccc2[nH]1. The van der Waals surface area contributed by atoms with Crippen molar-refractivity contribution in [1.29, 1.82) is 0 Å². The second kappa shape index (κ2) is 10.7. The Kier molecular flexibility index (Phi) is 8.25. The van der Waals surface area contributed by atoms with Crippen LogP contribution in [-0.2, 0) is 11.2 Å². The number of benzene rings is 1. The number of nitrogens with one attached hydrogen (secondary N) is 3. The monoisotopic (exact) mass is 345 g/mol. The number of aromatic nitrogens is 2. The molecule has 1 heterocycles. The van der Waals surface area contributed by atoms with Crippen LogP contribution in [0.1, 0.15) is 33.0 Å². The number of aromatic amines is 1. The standard InChI is InChI=1S/C19H31N5O/c1-4-20-19(21-11-7-13-25-14-15(2)3)22-12-10-18-23-16-8-5-6-9-17(16)24-18/h5-6,8-9,15H,4,7,10-14H2,1-3H3,(H,23,24)(H2,20,21,22). The van der Waals surface area contributed by atoms with Crippen molar-refractivity contribution in [1.82, 2.24) is 20.6 Å². The van der Waals surface area contributed by atoms with Gasteiger partial charge in [0.2, 0.25) is 0 Å². The van der Waals surface area contributed by atoms with Crippen LogP contribution in [0.3, 0.4) is 0 Å². The minimum absolute atomic E-state index is 0.584. The van der Waals surface area contributed by atoms with Crippen molar-refractivity contribution in [3.8, 4) is 0 Å². The third kappa shape index (κ3) is 7.13. The first-order valence-corrected chi connectivity index (χ1v) is 9.22. The molecule has 0 aliphatic carbocycles. The first kappa shape index (κ1) is 19.2. The summed E-state index contributed by atoms with van der Waals surface area (Å²) in [5.74, 6) is 2.43. The number of imidazole rings is 1. The Balaban J connectivity index is 1.71. The Morgan fingerprint density at radius 2 is 2.12 bits per heavy atom. The van der Waals surface area contributed by atoms with E-state index in [9.17, 15) is 0 Å². The van der Waals surface area contributed by atoms with Crippen LogP contribution >= 0.6 is 0 Å². The fraction of sp³-hybridized carbons (Fsp3) is 0.579. The van der Waals surface area contributed by atoms with Crippen molar-refractivity contribution in [3.05, 3.63) is 30.1 Å². The van der Waals surface area contributed by atoms with Crippen LogP contribution in [-0.4, -0.2) is 48.8 Å². The predicted molar refractivity (Wildman–Crippen MR) is 104 cm³/mol. The highest BCUT2D eigenvalue weighted by atomic mass is 16.5. The molecule has 0 aliphatic heterocycles. The van der Waals surface area contributed by atoms with Crippen LogP contribution in [0.4, 0.5) is 0 Å². The van der Waals surface area contributed by atoms with Gasteiger partial charge in [0.15, 0.2) is 5.96 Å². The Labute approximate surface area is 150 Å². The zero-order chi connectivity index (χ0) is 17.9. The molecule has 2 rings (SSSR count). The van der Waals surface area contributed by atoms with E-state index in [-0.39, 0.29) is 0 Å². The normalized spacial score (nSPS) is 12.1. The molecule has 0 saturated heterocycles. The summed E-state index contributed by atoms with van der Waals surface area (Å²) in [6.45, 7) is 10.4. The van der Waals surface area contributed by atoms with Crippen LogP contribution in [0.25, 0.3) is 11.0 Å². The van der Waals surface area contributed by atoms with Gasteiger partial charge < -0.3 is 20.4 Å². The largest absolute Gasteiger partial charge is 0.381 e. The highest BCUT2D eigenvalue weighted by Gasteiger charge is 2.03. The van der Waals surface area contributed by atoms with Gasteiger partial charge in [-0.25, -0.2) is 4.98 Å². The molecule has 138 valence electrons. The van der Waals surface area contributed by atoms with Gasteiger partial charge in [0, 0.05) is 39.3 Å². The predicted octanol–water partition coefficient (Wildman–Crippen LogP) is 2.72. The molecule has 0 fully saturated rings. The topological polar surface area (TPSA) is 74.3 Å². The molecule has 2 aromatic rings. The number of fused-ring (bicyclic) bond motifs is 1. The fourth-order valence-electron chi connectivity index (χ4n) is 2.44. The number of nitrogens with zero attached hydrogens (tertiary/aromatic N) is 2. The summed E-state index contributed by atoms with van der Waals surface area (Å²) in [7, 11) is 0. The van der Waals surface area contributed by atoms with Crippen molar-refractivity contribution in [2.45, 2.75) is 33.6 Å². The number of aliphatic imine (C=N–C) groups is 1. The first-order valence-electron chi connectivity index (χ1n) is 9.22. The third-order valence-corrected chi connectivity index (χ3v) is 3.60. The van der Waals surface area contributed by atoms with Crippen molar-refractivity contribution in [2.24, 2.45) is 10.9 Å². The molecule has 3 N–H and O–H groups in total. The lowest BCUT2D eigenvalue weighted by atomic mass is 10.2. The lowest BCUT2D eigenvalue weighted by Gasteiger charge is -2.11. The number of para-hydroxylation sites is 2. The lowest BCUT2D eigenvalue weighted by Crippen LogP contribution is -2.38. The summed E-state index contributed by atoms with van der Waals surface area (Å²) in [4.78, 5) is 12.5. The molecular formula is C19H31N5O. The van der Waals surface area contributed by atoms with Crippen LogP contribution in [0.15, 0.2) is 29.3 Å². The van der Waals surface area contributed by atoms with Crippen molar-refractivity contribution in [2.75, 3.05) is 32.8 Å². The second-order valence-corrected chi connectivity index (χ2v) is 6.46. The third-order valence-electron chi connectivity index (χ3n) is 3.60. The molecule has 6 heteroatoms. The summed E-state index contributed by atoms with van der Waals surface area (Å²) in [5, 5.41) is 6.63. The Bertz CT molecular complexity index is 617. The van der Waals surface area contributed by atoms with E-state index < -0.39 is 0 Å². The van der Waals surface area contributed by atoms with Gasteiger partial charge >= 0.3 is 0 Å². The number of hydrogen-bond donors (Lipinski definition) is 3. The van der Waals surface area contributed by atoms with Gasteiger partial charge in [0.05, 0.1) is 11.0 Å². The van der Waals surface area contributed by atoms with Crippen LogP contribution in [0.2, 0.25) is 0 Å². The van der Waals surface area contributed by atoms with Crippen LogP contribution in [0.5, 0.6) is 0 Å². The van der Waals surface area contributed by atoms with E-state index in [0.717, 1.165) is 68.5 Å². The molecule has 0 unspecified atom stereocenters. The summed E-state index contributed by atoms with van der Waals surface area (Å²) < 4.78 is 5.58. The molecule has 1 aromatic heterocycles. The Hall–Kier alpha value is -2.08. The molecule has 0 bridgehead atoms. The molecule has 6 nitrogen and oxygen atoms in total. The highest BCUT2D eigenvalue weighted by Crippen LogP contribution is 2.10. The maximum absolute atomic E-state index is 5.58. The average Bonchev–Trinajstić information content (AvgIpc) is 3.00. The highest BCUT2D eigenvalue weighted by molar-refractivity contribution is 5.79. The van der Waals surface area contributed by atoms with E-state index in [1.165, 1.54) is 0 Å². The first-order chi connectivity index (χ1) is 12.2. The second-order valence-electron chi connectivity index (χ2n) is 6.46. The van der Waals surface area contributed by atoms with Gasteiger partial charge in [-0.1, -0.05) is 26.0 Å². The van der Waals surface area contributed by atoms with E-state index in [1.54, 1.807) is 0 Å². The van der Waals surface area contributed by atoms with Crippen molar-refractivity contribution in [3.63, 3.8) is 0 Å². The number of rotatable bonds is 10. The van der Waals surface area contributed by atoms with Gasteiger partial charge in [-0.05, 0) is 31.4 Å². The molecule has 0 amide bonds. The Morgan fingerprint density at radius 1 is 1.28 bits per heavy atom. The molecule has 0 radical (unpaired) electrons. The number of hydrogen-bond acceptors (Lipinski definition) is 3. The summed E-state index contributed by atoms with van der Waals surface area (Å²) in [6.07, 6.45) is 1.77. The Morgan fingerprint density at radius 3 is 2.88 bits per heavy atom. The van der Waals surface area contributed by atoms with Gasteiger partial charge in [-0.2, -0.15) is 0 Å². The van der Waals surface area contributed by atoms with Gasteiger partial charge in [0.25, 0.3) is 0 Å². The quantitative estimate of drug-likeness (QED) is 0.352. The van der Waals surface area contributed by atoms with E-state index in [4.69, 9.17) is 4.74 Å². The lowest BCUT2D eigenvalue weighted by molar-refractivity contribution is 0.109. The van der Waals surface area contributed by atoms with E-state index in [0.29, 0.717) is 5.92 Å². The summed E-state index contributed by atoms with van der Waals surface area (Å²) in [6, 6.07) is 8.09. The van der Waals surface area contributed by atoms with Gasteiger partial charge in [0.1, 0.15) is 5.82 Å². The molecule has 1 aromatic carbocycles. The smallest absolute Gasteiger partial charge is 0.191 e. The number of H-pyrrole nitrogens is 1. The molecular weight excluding hydrogens is 314 g/mol. The average molecular weight is 345 g/mol. The van der Waals surface area contributed by atoms with Crippen molar-refractivity contribution < 1.29 is 4.74 Å². The maximum Gasteiger partial charge on any atom is 0.191 e. The van der Waals surface area contributed by atoms with Crippen molar-refractivity contribution >= 4 is 17.0 Å². The van der Waals surface area contributed by atoms with Gasteiger partial charge in [-0.15, -0.1) is 0 Å². The molecule has 0 spiro atoms. The summed E-state index contributed by atoms with van der Waals surface area (Å²) in [5.41, 5.74) is 2.10. The summed E-state index contributed by atoms with van der Waals surface area (Å²) >= 11 is 0. The minimum atomic E-state index is 0.584. The number of ether oxygens (including phenoxy) is 1. The maximum atomic E-state index is 5.58. The van der Waals surface area contributed by atoms with Crippen LogP contribution in [0, 0.1) is 5.92 Å².